The van der Waals surface area contributed by atoms with E-state index in [0.29, 0.717) is 12.0 Å². The van der Waals surface area contributed by atoms with Crippen LogP contribution in [0.4, 0.5) is 0 Å². The van der Waals surface area contributed by atoms with Crippen LogP contribution in [-0.4, -0.2) is 39.0 Å². The van der Waals surface area contributed by atoms with Crippen molar-refractivity contribution in [3.63, 3.8) is 0 Å². The van der Waals surface area contributed by atoms with Gasteiger partial charge >= 0.3 is 0 Å². The molecule has 0 aromatic rings. The van der Waals surface area contributed by atoms with Gasteiger partial charge < -0.3 is 14.8 Å². The molecule has 0 spiro atoms. The van der Waals surface area contributed by atoms with E-state index in [1.54, 1.807) is 0 Å². The second kappa shape index (κ2) is 8.97. The van der Waals surface area contributed by atoms with Gasteiger partial charge in [-0.3, -0.25) is 0 Å². The standard InChI is InChI=1S/C13H27NO2/c1-12(2)11-15-9-7-14-8-10-16-13-5-3-4-6-13/h12-14H,3-11H2,1-2H3. The van der Waals surface area contributed by atoms with Crippen LogP contribution in [0.15, 0.2) is 0 Å². The van der Waals surface area contributed by atoms with Crippen LogP contribution in [0.3, 0.4) is 0 Å². The summed E-state index contributed by atoms with van der Waals surface area (Å²) in [4.78, 5) is 0. The number of hydrogen-bond donors (Lipinski definition) is 1. The van der Waals surface area contributed by atoms with Gasteiger partial charge in [0, 0.05) is 19.7 Å². The highest BCUT2D eigenvalue weighted by Crippen LogP contribution is 2.20. The Labute approximate surface area is 99.9 Å². The van der Waals surface area contributed by atoms with E-state index in [-0.39, 0.29) is 0 Å². The summed E-state index contributed by atoms with van der Waals surface area (Å²) in [6, 6.07) is 0. The van der Waals surface area contributed by atoms with Crippen LogP contribution >= 0.6 is 0 Å². The predicted octanol–water partition coefficient (Wildman–Crippen LogP) is 2.21. The lowest BCUT2D eigenvalue weighted by atomic mass is 10.2. The summed E-state index contributed by atoms with van der Waals surface area (Å²) in [5.41, 5.74) is 0. The summed E-state index contributed by atoms with van der Waals surface area (Å²) in [6.45, 7) is 8.73. The zero-order chi connectivity index (χ0) is 11.6. The molecule has 0 heterocycles. The van der Waals surface area contributed by atoms with Crippen molar-refractivity contribution in [3.8, 4) is 0 Å². The topological polar surface area (TPSA) is 30.5 Å². The van der Waals surface area contributed by atoms with Crippen LogP contribution in [0, 0.1) is 5.92 Å². The van der Waals surface area contributed by atoms with Gasteiger partial charge in [0.05, 0.1) is 19.3 Å². The van der Waals surface area contributed by atoms with Crippen LogP contribution in [0.1, 0.15) is 39.5 Å². The molecule has 1 fully saturated rings. The SMILES string of the molecule is CC(C)COCCNCCOC1CCCC1. The van der Waals surface area contributed by atoms with Crippen molar-refractivity contribution in [2.24, 2.45) is 5.92 Å². The Morgan fingerprint density at radius 2 is 1.81 bits per heavy atom. The lowest BCUT2D eigenvalue weighted by Crippen LogP contribution is -2.26. The van der Waals surface area contributed by atoms with Gasteiger partial charge in [-0.05, 0) is 18.8 Å². The Morgan fingerprint density at radius 1 is 1.12 bits per heavy atom. The van der Waals surface area contributed by atoms with Crippen molar-refractivity contribution < 1.29 is 9.47 Å². The van der Waals surface area contributed by atoms with Gasteiger partial charge in [0.15, 0.2) is 0 Å². The van der Waals surface area contributed by atoms with Crippen molar-refractivity contribution >= 4 is 0 Å². The molecule has 1 saturated carbocycles. The van der Waals surface area contributed by atoms with Gasteiger partial charge in [0.1, 0.15) is 0 Å². The van der Waals surface area contributed by atoms with E-state index in [9.17, 15) is 0 Å². The molecule has 16 heavy (non-hydrogen) atoms. The normalized spacial score (nSPS) is 17.4. The average molecular weight is 229 g/mol. The summed E-state index contributed by atoms with van der Waals surface area (Å²) < 4.78 is 11.2. The highest BCUT2D eigenvalue weighted by Gasteiger charge is 2.14. The maximum atomic E-state index is 5.74. The molecule has 1 rings (SSSR count). The van der Waals surface area contributed by atoms with Crippen molar-refractivity contribution in [2.75, 3.05) is 32.9 Å². The Morgan fingerprint density at radius 3 is 2.50 bits per heavy atom. The molecule has 3 heteroatoms. The van der Waals surface area contributed by atoms with E-state index in [1.165, 1.54) is 25.7 Å². The van der Waals surface area contributed by atoms with E-state index in [0.717, 1.165) is 32.9 Å². The summed E-state index contributed by atoms with van der Waals surface area (Å²) in [5.74, 6) is 0.630. The molecule has 0 bridgehead atoms. The molecule has 0 unspecified atom stereocenters. The molecule has 0 atom stereocenters. The Bertz CT molecular complexity index is 156. The fraction of sp³-hybridized carbons (Fsp3) is 1.00. The molecule has 3 nitrogen and oxygen atoms in total. The van der Waals surface area contributed by atoms with Crippen molar-refractivity contribution in [3.05, 3.63) is 0 Å². The highest BCUT2D eigenvalue weighted by atomic mass is 16.5. The molecular formula is C13H27NO2. The molecule has 96 valence electrons. The second-order valence-corrected chi connectivity index (χ2v) is 5.00. The van der Waals surface area contributed by atoms with Crippen molar-refractivity contribution in [1.82, 2.24) is 5.32 Å². The molecule has 0 aromatic carbocycles. The molecule has 0 radical (unpaired) electrons. The van der Waals surface area contributed by atoms with Gasteiger partial charge in [-0.1, -0.05) is 26.7 Å². The first-order valence-corrected chi connectivity index (χ1v) is 6.69. The minimum absolute atomic E-state index is 0.541. The van der Waals surface area contributed by atoms with Crippen LogP contribution in [0.25, 0.3) is 0 Å². The Hall–Kier alpha value is -0.120. The van der Waals surface area contributed by atoms with Gasteiger partial charge in [-0.25, -0.2) is 0 Å². The van der Waals surface area contributed by atoms with E-state index in [2.05, 4.69) is 19.2 Å². The average Bonchev–Trinajstić information content (AvgIpc) is 2.74. The summed E-state index contributed by atoms with van der Waals surface area (Å²) in [5, 5.41) is 3.33. The van der Waals surface area contributed by atoms with Gasteiger partial charge in [-0.2, -0.15) is 0 Å². The fourth-order valence-corrected chi connectivity index (χ4v) is 1.94. The predicted molar refractivity (Wildman–Crippen MR) is 66.7 cm³/mol. The van der Waals surface area contributed by atoms with E-state index in [4.69, 9.17) is 9.47 Å². The summed E-state index contributed by atoms with van der Waals surface area (Å²) in [6.07, 6.45) is 5.76. The number of hydrogen-bond acceptors (Lipinski definition) is 3. The number of ether oxygens (including phenoxy) is 2. The maximum Gasteiger partial charge on any atom is 0.0594 e. The Balaban J connectivity index is 1.74. The van der Waals surface area contributed by atoms with Gasteiger partial charge in [0.2, 0.25) is 0 Å². The lowest BCUT2D eigenvalue weighted by Gasteiger charge is -2.11. The largest absolute Gasteiger partial charge is 0.380 e. The first-order valence-electron chi connectivity index (χ1n) is 6.69. The van der Waals surface area contributed by atoms with Crippen LogP contribution < -0.4 is 5.32 Å². The molecule has 1 aliphatic rings. The van der Waals surface area contributed by atoms with Crippen molar-refractivity contribution in [1.29, 1.82) is 0 Å². The first-order chi connectivity index (χ1) is 7.79. The van der Waals surface area contributed by atoms with E-state index in [1.807, 2.05) is 0 Å². The van der Waals surface area contributed by atoms with E-state index >= 15 is 0 Å². The third-order valence-corrected chi connectivity index (χ3v) is 2.81. The minimum atomic E-state index is 0.541. The molecular weight excluding hydrogens is 202 g/mol. The zero-order valence-electron chi connectivity index (χ0n) is 10.8. The van der Waals surface area contributed by atoms with E-state index < -0.39 is 0 Å². The Kier molecular flexibility index (Phi) is 7.81. The zero-order valence-corrected chi connectivity index (χ0v) is 10.8. The number of nitrogens with one attached hydrogen (secondary N) is 1. The number of rotatable bonds is 9. The maximum absolute atomic E-state index is 5.74. The molecule has 1 aliphatic carbocycles. The first kappa shape index (κ1) is 13.9. The molecule has 0 aromatic heterocycles. The van der Waals surface area contributed by atoms with Crippen LogP contribution in [0.5, 0.6) is 0 Å². The second-order valence-electron chi connectivity index (χ2n) is 5.00. The fourth-order valence-electron chi connectivity index (χ4n) is 1.94. The highest BCUT2D eigenvalue weighted by molar-refractivity contribution is 4.66. The smallest absolute Gasteiger partial charge is 0.0594 e. The van der Waals surface area contributed by atoms with Crippen LogP contribution in [-0.2, 0) is 9.47 Å². The third kappa shape index (κ3) is 7.20. The molecule has 0 saturated heterocycles. The summed E-state index contributed by atoms with van der Waals surface area (Å²) in [7, 11) is 0. The third-order valence-electron chi connectivity index (χ3n) is 2.81. The molecule has 1 N–H and O–H groups in total. The van der Waals surface area contributed by atoms with Gasteiger partial charge in [-0.15, -0.1) is 0 Å². The van der Waals surface area contributed by atoms with Crippen LogP contribution in [0.2, 0.25) is 0 Å². The lowest BCUT2D eigenvalue weighted by molar-refractivity contribution is 0.0581. The van der Waals surface area contributed by atoms with Crippen molar-refractivity contribution in [2.45, 2.75) is 45.6 Å². The summed E-state index contributed by atoms with van der Waals surface area (Å²) >= 11 is 0. The van der Waals surface area contributed by atoms with Gasteiger partial charge in [0.25, 0.3) is 0 Å². The monoisotopic (exact) mass is 229 g/mol. The quantitative estimate of drug-likeness (QED) is 0.615. The minimum Gasteiger partial charge on any atom is -0.380 e. The molecule has 0 amide bonds. The molecule has 0 aliphatic heterocycles.